The highest BCUT2D eigenvalue weighted by molar-refractivity contribution is 5.74. The maximum Gasteiger partial charge on any atom is 0.309 e. The zero-order chi connectivity index (χ0) is 36.8. The van der Waals surface area contributed by atoms with E-state index in [1.165, 1.54) is 122 Å². The van der Waals surface area contributed by atoms with Crippen LogP contribution in [0, 0.1) is 5.41 Å². The van der Waals surface area contributed by atoms with Gasteiger partial charge in [-0.3, -0.25) is 9.59 Å². The molecule has 0 aliphatic rings. The van der Waals surface area contributed by atoms with Crippen molar-refractivity contribution in [2.75, 3.05) is 32.8 Å². The molecule has 0 aliphatic heterocycles. The fourth-order valence-corrected chi connectivity index (χ4v) is 7.44. The minimum Gasteiger partial charge on any atom is -0.481 e. The molecule has 0 rings (SSSR count). The quantitative estimate of drug-likeness (QED) is 0.0485. The van der Waals surface area contributed by atoms with Crippen LogP contribution < -0.4 is 0 Å². The van der Waals surface area contributed by atoms with E-state index in [0.29, 0.717) is 13.0 Å². The van der Waals surface area contributed by atoms with Crippen molar-refractivity contribution < 1.29 is 24.5 Å². The smallest absolute Gasteiger partial charge is 0.309 e. The number of rotatable bonds is 41. The van der Waals surface area contributed by atoms with E-state index in [9.17, 15) is 19.8 Å². The summed E-state index contributed by atoms with van der Waals surface area (Å²) in [7, 11) is 0. The van der Waals surface area contributed by atoms with Crippen LogP contribution in [0.1, 0.15) is 233 Å². The van der Waals surface area contributed by atoms with Gasteiger partial charge in [0.15, 0.2) is 0 Å². The molecule has 0 aliphatic carbocycles. The minimum atomic E-state index is -0.541. The fraction of sp³-hybridized carbons (Fsp3) is 0.955. The molecule has 0 spiro atoms. The number of carboxylic acid groups (broad SMARTS) is 1. The molecule has 6 heteroatoms. The Hall–Kier alpha value is -1.14. The van der Waals surface area contributed by atoms with E-state index in [2.05, 4.69) is 25.7 Å². The Morgan fingerprint density at radius 2 is 0.840 bits per heavy atom. The van der Waals surface area contributed by atoms with Gasteiger partial charge in [-0.15, -0.1) is 0 Å². The predicted octanol–water partition coefficient (Wildman–Crippen LogP) is 12.8. The SMILES string of the molecule is CCCCCCCCCOC(=O)CCCCCCCN(CCO)CCCCCCCCCC(CCCCCC)(CCCCCCCC)C(=O)O. The first-order chi connectivity index (χ1) is 24.5. The second-order valence-corrected chi connectivity index (χ2v) is 15.6. The monoisotopic (exact) mass is 710 g/mol. The first-order valence-electron chi connectivity index (χ1n) is 22.2. The van der Waals surface area contributed by atoms with E-state index in [1.807, 2.05) is 0 Å². The number of aliphatic hydroxyl groups excluding tert-OH is 1. The normalized spacial score (nSPS) is 12.8. The summed E-state index contributed by atoms with van der Waals surface area (Å²) in [4.78, 5) is 27.0. The summed E-state index contributed by atoms with van der Waals surface area (Å²) in [5.41, 5.74) is -0.505. The topological polar surface area (TPSA) is 87.1 Å². The van der Waals surface area contributed by atoms with E-state index < -0.39 is 11.4 Å². The number of nitrogens with zero attached hydrogens (tertiary/aromatic N) is 1. The van der Waals surface area contributed by atoms with Crippen molar-refractivity contribution in [2.45, 2.75) is 233 Å². The van der Waals surface area contributed by atoms with Crippen LogP contribution in [0.2, 0.25) is 0 Å². The highest BCUT2D eigenvalue weighted by atomic mass is 16.5. The number of carboxylic acids is 1. The van der Waals surface area contributed by atoms with Crippen molar-refractivity contribution in [3.8, 4) is 0 Å². The summed E-state index contributed by atoms with van der Waals surface area (Å²) >= 11 is 0. The summed E-state index contributed by atoms with van der Waals surface area (Å²) in [6, 6.07) is 0. The third-order valence-electron chi connectivity index (χ3n) is 10.9. The molecule has 1 unspecified atom stereocenters. The van der Waals surface area contributed by atoms with Crippen LogP contribution in [0.4, 0.5) is 0 Å². The van der Waals surface area contributed by atoms with Crippen LogP contribution in [0.15, 0.2) is 0 Å². The van der Waals surface area contributed by atoms with Gasteiger partial charge in [-0.2, -0.15) is 0 Å². The average molecular weight is 710 g/mol. The number of carbonyl (C=O) groups excluding carboxylic acids is 1. The van der Waals surface area contributed by atoms with Gasteiger partial charge < -0.3 is 19.8 Å². The lowest BCUT2D eigenvalue weighted by Crippen LogP contribution is -2.31. The van der Waals surface area contributed by atoms with Crippen LogP contribution in [-0.2, 0) is 14.3 Å². The third kappa shape index (κ3) is 30.5. The average Bonchev–Trinajstić information content (AvgIpc) is 3.10. The molecule has 6 nitrogen and oxygen atoms in total. The third-order valence-corrected chi connectivity index (χ3v) is 10.9. The maximum absolute atomic E-state index is 12.6. The van der Waals surface area contributed by atoms with Gasteiger partial charge in [0.05, 0.1) is 18.6 Å². The van der Waals surface area contributed by atoms with Crippen LogP contribution in [-0.4, -0.2) is 59.9 Å². The predicted molar refractivity (Wildman–Crippen MR) is 214 cm³/mol. The molecule has 0 aromatic carbocycles. The molecule has 0 heterocycles. The number of aliphatic carboxylic acids is 1. The molecule has 0 saturated carbocycles. The first kappa shape index (κ1) is 48.9. The highest BCUT2D eigenvalue weighted by Gasteiger charge is 2.36. The van der Waals surface area contributed by atoms with E-state index >= 15 is 0 Å². The molecule has 0 saturated heterocycles. The Labute approximate surface area is 311 Å². The summed E-state index contributed by atoms with van der Waals surface area (Å²) in [5.74, 6) is -0.571. The fourth-order valence-electron chi connectivity index (χ4n) is 7.44. The second-order valence-electron chi connectivity index (χ2n) is 15.6. The molecule has 2 N–H and O–H groups in total. The molecule has 0 radical (unpaired) electrons. The Morgan fingerprint density at radius 3 is 1.26 bits per heavy atom. The van der Waals surface area contributed by atoms with Crippen molar-refractivity contribution in [2.24, 2.45) is 5.41 Å². The highest BCUT2D eigenvalue weighted by Crippen LogP contribution is 2.38. The zero-order valence-electron chi connectivity index (χ0n) is 33.9. The Morgan fingerprint density at radius 1 is 0.480 bits per heavy atom. The van der Waals surface area contributed by atoms with Crippen LogP contribution in [0.3, 0.4) is 0 Å². The van der Waals surface area contributed by atoms with Crippen LogP contribution in [0.5, 0.6) is 0 Å². The number of hydrogen-bond donors (Lipinski definition) is 2. The van der Waals surface area contributed by atoms with Gasteiger partial charge in [-0.05, 0) is 58.0 Å². The molecule has 1 atom stereocenters. The summed E-state index contributed by atoms with van der Waals surface area (Å²) < 4.78 is 5.41. The minimum absolute atomic E-state index is 0.0303. The van der Waals surface area contributed by atoms with Gasteiger partial charge in [-0.25, -0.2) is 0 Å². The van der Waals surface area contributed by atoms with Gasteiger partial charge in [-0.1, -0.05) is 181 Å². The Bertz CT molecular complexity index is 731. The zero-order valence-corrected chi connectivity index (χ0v) is 33.9. The van der Waals surface area contributed by atoms with E-state index in [1.54, 1.807) is 0 Å². The Kier molecular flexibility index (Phi) is 36.8. The number of esters is 1. The number of aliphatic hydroxyl groups is 1. The largest absolute Gasteiger partial charge is 0.481 e. The lowest BCUT2D eigenvalue weighted by atomic mass is 9.74. The van der Waals surface area contributed by atoms with E-state index in [4.69, 9.17) is 4.74 Å². The van der Waals surface area contributed by atoms with Crippen molar-refractivity contribution in [3.05, 3.63) is 0 Å². The number of hydrogen-bond acceptors (Lipinski definition) is 5. The van der Waals surface area contributed by atoms with Gasteiger partial charge in [0.2, 0.25) is 0 Å². The van der Waals surface area contributed by atoms with Crippen molar-refractivity contribution in [1.29, 1.82) is 0 Å². The summed E-state index contributed by atoms with van der Waals surface area (Å²) in [5, 5.41) is 19.9. The van der Waals surface area contributed by atoms with Crippen LogP contribution in [0.25, 0.3) is 0 Å². The lowest BCUT2D eigenvalue weighted by Gasteiger charge is -2.30. The first-order valence-corrected chi connectivity index (χ1v) is 22.2. The van der Waals surface area contributed by atoms with Gasteiger partial charge in [0.25, 0.3) is 0 Å². The van der Waals surface area contributed by atoms with Crippen LogP contribution >= 0.6 is 0 Å². The van der Waals surface area contributed by atoms with Crippen molar-refractivity contribution in [1.82, 2.24) is 4.90 Å². The summed E-state index contributed by atoms with van der Waals surface area (Å²) in [6.07, 6.45) is 37.5. The maximum atomic E-state index is 12.6. The van der Waals surface area contributed by atoms with Gasteiger partial charge >= 0.3 is 11.9 Å². The van der Waals surface area contributed by atoms with Gasteiger partial charge in [0, 0.05) is 13.0 Å². The molecule has 0 fully saturated rings. The standard InChI is InChI=1S/C44H87NO5/c1-4-7-10-13-18-25-32-41-50-42(47)33-26-20-19-24-31-38-45(39-40-46)37-30-23-17-15-16-22-29-36-44(43(48)49,34-27-12-9-6-3)35-28-21-14-11-8-5-2/h46H,4-41H2,1-3H3,(H,48,49). The van der Waals surface area contributed by atoms with Gasteiger partial charge in [0.1, 0.15) is 0 Å². The molecule has 0 bridgehead atoms. The molecule has 0 aromatic rings. The number of ether oxygens (including phenoxy) is 1. The van der Waals surface area contributed by atoms with E-state index in [0.717, 1.165) is 103 Å². The number of unbranched alkanes of at least 4 members (excludes halogenated alkanes) is 24. The Balaban J connectivity index is 4.04. The molecular weight excluding hydrogens is 622 g/mol. The molecule has 0 amide bonds. The second kappa shape index (κ2) is 37.6. The van der Waals surface area contributed by atoms with Crippen molar-refractivity contribution in [3.63, 3.8) is 0 Å². The van der Waals surface area contributed by atoms with Crippen molar-refractivity contribution >= 4 is 11.9 Å². The number of carbonyl (C=O) groups is 2. The molecule has 0 aromatic heterocycles. The van der Waals surface area contributed by atoms with E-state index in [-0.39, 0.29) is 12.6 Å². The molecular formula is C44H87NO5. The summed E-state index contributed by atoms with van der Waals surface area (Å²) in [6.45, 7) is 10.4. The molecule has 50 heavy (non-hydrogen) atoms. The lowest BCUT2D eigenvalue weighted by molar-refractivity contribution is -0.151. The molecule has 298 valence electrons.